The molecule has 5 nitrogen and oxygen atoms in total. The van der Waals surface area contributed by atoms with E-state index in [0.29, 0.717) is 10.9 Å². The summed E-state index contributed by atoms with van der Waals surface area (Å²) >= 11 is 0. The normalized spacial score (nSPS) is 15.8. The van der Waals surface area contributed by atoms with Crippen LogP contribution >= 0.6 is 10.7 Å². The monoisotopic (exact) mass is 326 g/mol. The lowest BCUT2D eigenvalue weighted by atomic mass is 10.2. The molecular weight excluding hydrogens is 312 g/mol. The van der Waals surface area contributed by atoms with Crippen molar-refractivity contribution in [1.29, 1.82) is 0 Å². The predicted molar refractivity (Wildman–Crippen MR) is 80.8 cm³/mol. The van der Waals surface area contributed by atoms with Crippen LogP contribution in [0.4, 0.5) is 0 Å². The van der Waals surface area contributed by atoms with Crippen molar-refractivity contribution in [2.45, 2.75) is 24.3 Å². The van der Waals surface area contributed by atoms with Crippen molar-refractivity contribution in [2.75, 3.05) is 13.1 Å². The number of carbonyl (C=O) groups is 1. The van der Waals surface area contributed by atoms with Crippen molar-refractivity contribution in [1.82, 2.24) is 9.47 Å². The first-order chi connectivity index (χ1) is 9.97. The molecule has 1 saturated heterocycles. The summed E-state index contributed by atoms with van der Waals surface area (Å²) in [4.78, 5) is 14.1. The van der Waals surface area contributed by atoms with Crippen molar-refractivity contribution in [3.63, 3.8) is 0 Å². The molecule has 112 valence electrons. The van der Waals surface area contributed by atoms with E-state index >= 15 is 0 Å². The minimum atomic E-state index is -3.84. The molecule has 0 atom stereocenters. The molecule has 2 aromatic rings. The van der Waals surface area contributed by atoms with Gasteiger partial charge in [-0.15, -0.1) is 0 Å². The molecule has 0 N–H and O–H groups in total. The first kappa shape index (κ1) is 14.4. The molecule has 1 aromatic heterocycles. The smallest absolute Gasteiger partial charge is 0.263 e. The molecule has 1 aliphatic rings. The second kappa shape index (κ2) is 5.35. The molecule has 1 aliphatic heterocycles. The number of para-hydroxylation sites is 1. The maximum absolute atomic E-state index is 12.2. The molecule has 0 aliphatic carbocycles. The molecule has 1 amide bonds. The Balaban J connectivity index is 2.01. The summed E-state index contributed by atoms with van der Waals surface area (Å²) in [6, 6.07) is 7.05. The van der Waals surface area contributed by atoms with Crippen LogP contribution in [0.2, 0.25) is 0 Å². The van der Waals surface area contributed by atoms with Crippen LogP contribution < -0.4 is 0 Å². The molecule has 2 heterocycles. The summed E-state index contributed by atoms with van der Waals surface area (Å²) in [5.74, 6) is 0.00627. The summed E-state index contributed by atoms with van der Waals surface area (Å²) in [5.41, 5.74) is 0.698. The van der Waals surface area contributed by atoms with E-state index in [0.717, 1.165) is 25.9 Å². The summed E-state index contributed by atoms with van der Waals surface area (Å²) in [6.45, 7) is 1.68. The fourth-order valence-electron chi connectivity index (χ4n) is 2.75. The number of nitrogens with zero attached hydrogens (tertiary/aromatic N) is 2. The van der Waals surface area contributed by atoms with Gasteiger partial charge in [0.2, 0.25) is 5.91 Å². The molecule has 1 fully saturated rings. The van der Waals surface area contributed by atoms with Crippen molar-refractivity contribution < 1.29 is 13.2 Å². The van der Waals surface area contributed by atoms with E-state index in [4.69, 9.17) is 10.7 Å². The Morgan fingerprint density at radius 1 is 1.19 bits per heavy atom. The minimum absolute atomic E-state index is 0.00627. The summed E-state index contributed by atoms with van der Waals surface area (Å²) in [6.07, 6.45) is 3.50. The number of benzene rings is 1. The van der Waals surface area contributed by atoms with Crippen LogP contribution in [0.1, 0.15) is 12.8 Å². The lowest BCUT2D eigenvalue weighted by molar-refractivity contribution is -0.130. The molecule has 0 bridgehead atoms. The van der Waals surface area contributed by atoms with Crippen LogP contribution in [0, 0.1) is 0 Å². The van der Waals surface area contributed by atoms with Gasteiger partial charge in [0.15, 0.2) is 0 Å². The van der Waals surface area contributed by atoms with Crippen molar-refractivity contribution in [2.24, 2.45) is 0 Å². The van der Waals surface area contributed by atoms with Gasteiger partial charge in [-0.25, -0.2) is 8.42 Å². The van der Waals surface area contributed by atoms with E-state index in [2.05, 4.69) is 0 Å². The van der Waals surface area contributed by atoms with Gasteiger partial charge in [-0.05, 0) is 18.9 Å². The van der Waals surface area contributed by atoms with E-state index < -0.39 is 9.05 Å². The molecule has 0 unspecified atom stereocenters. The van der Waals surface area contributed by atoms with Gasteiger partial charge in [0, 0.05) is 40.9 Å². The van der Waals surface area contributed by atoms with E-state index in [1.165, 1.54) is 6.20 Å². The van der Waals surface area contributed by atoms with Gasteiger partial charge < -0.3 is 9.47 Å². The van der Waals surface area contributed by atoms with Gasteiger partial charge in [-0.3, -0.25) is 4.79 Å². The summed E-state index contributed by atoms with van der Waals surface area (Å²) < 4.78 is 25.0. The number of halogens is 1. The van der Waals surface area contributed by atoms with Gasteiger partial charge in [0.05, 0.1) is 0 Å². The number of likely N-dealkylation sites (tertiary alicyclic amines) is 1. The zero-order valence-corrected chi connectivity index (χ0v) is 12.9. The molecule has 3 rings (SSSR count). The lowest BCUT2D eigenvalue weighted by Gasteiger charge is -2.15. The number of amides is 1. The Labute approximate surface area is 127 Å². The minimum Gasteiger partial charge on any atom is -0.341 e. The largest absolute Gasteiger partial charge is 0.341 e. The highest BCUT2D eigenvalue weighted by Crippen LogP contribution is 2.28. The average Bonchev–Trinajstić information content (AvgIpc) is 3.06. The molecular formula is C14H15ClN2O3S. The lowest BCUT2D eigenvalue weighted by Crippen LogP contribution is -2.30. The van der Waals surface area contributed by atoms with E-state index in [-0.39, 0.29) is 17.3 Å². The molecule has 0 radical (unpaired) electrons. The third-order valence-corrected chi connectivity index (χ3v) is 5.13. The Hall–Kier alpha value is -1.53. The van der Waals surface area contributed by atoms with Gasteiger partial charge in [0.25, 0.3) is 9.05 Å². The highest BCUT2D eigenvalue weighted by atomic mass is 35.7. The van der Waals surface area contributed by atoms with Crippen molar-refractivity contribution >= 4 is 36.5 Å². The summed E-state index contributed by atoms with van der Waals surface area (Å²) in [5, 5.41) is 0.543. The first-order valence-electron chi connectivity index (χ1n) is 6.77. The van der Waals surface area contributed by atoms with Crippen LogP contribution in [0.15, 0.2) is 35.4 Å². The zero-order valence-electron chi connectivity index (χ0n) is 11.3. The first-order valence-corrected chi connectivity index (χ1v) is 9.08. The third-order valence-electron chi connectivity index (χ3n) is 3.78. The average molecular weight is 327 g/mol. The standard InChI is InChI=1S/C14H15ClN2O3S/c15-21(19,20)13-9-17(12-6-2-1-5-11(12)13)10-14(18)16-7-3-4-8-16/h1-2,5-6,9H,3-4,7-8,10H2. The molecule has 0 spiro atoms. The fourth-order valence-corrected chi connectivity index (χ4v) is 3.81. The molecule has 21 heavy (non-hydrogen) atoms. The van der Waals surface area contributed by atoms with Crippen LogP contribution in [-0.4, -0.2) is 36.9 Å². The Kier molecular flexibility index (Phi) is 3.67. The second-order valence-electron chi connectivity index (χ2n) is 5.16. The topological polar surface area (TPSA) is 59.4 Å². The maximum atomic E-state index is 12.2. The third kappa shape index (κ3) is 2.78. The van der Waals surface area contributed by atoms with E-state index in [1.807, 2.05) is 11.0 Å². The number of fused-ring (bicyclic) bond motifs is 1. The number of hydrogen-bond acceptors (Lipinski definition) is 3. The van der Waals surface area contributed by atoms with Gasteiger partial charge in [-0.1, -0.05) is 18.2 Å². The number of aromatic nitrogens is 1. The second-order valence-corrected chi connectivity index (χ2v) is 7.70. The Bertz CT molecular complexity index is 792. The van der Waals surface area contributed by atoms with Crippen LogP contribution in [-0.2, 0) is 20.4 Å². The van der Waals surface area contributed by atoms with Crippen LogP contribution in [0.5, 0.6) is 0 Å². The number of hydrogen-bond donors (Lipinski definition) is 0. The highest BCUT2D eigenvalue weighted by molar-refractivity contribution is 8.14. The van der Waals surface area contributed by atoms with Crippen molar-refractivity contribution in [3.8, 4) is 0 Å². The SMILES string of the molecule is O=C(Cn1cc(S(=O)(=O)Cl)c2ccccc21)N1CCCC1. The maximum Gasteiger partial charge on any atom is 0.263 e. The Morgan fingerprint density at radius 2 is 1.86 bits per heavy atom. The van der Waals surface area contributed by atoms with Crippen molar-refractivity contribution in [3.05, 3.63) is 30.5 Å². The molecule has 0 saturated carbocycles. The predicted octanol–water partition coefficient (Wildman–Crippen LogP) is 2.19. The highest BCUT2D eigenvalue weighted by Gasteiger charge is 2.22. The molecule has 1 aromatic carbocycles. The van der Waals surface area contributed by atoms with Crippen LogP contribution in [0.25, 0.3) is 10.9 Å². The van der Waals surface area contributed by atoms with E-state index in [1.54, 1.807) is 22.8 Å². The molecule has 7 heteroatoms. The number of rotatable bonds is 3. The van der Waals surface area contributed by atoms with Crippen LogP contribution in [0.3, 0.4) is 0 Å². The van der Waals surface area contributed by atoms with E-state index in [9.17, 15) is 13.2 Å². The van der Waals surface area contributed by atoms with Gasteiger partial charge in [0.1, 0.15) is 11.4 Å². The zero-order chi connectivity index (χ0) is 15.0. The van der Waals surface area contributed by atoms with Gasteiger partial charge >= 0.3 is 0 Å². The van der Waals surface area contributed by atoms with Gasteiger partial charge in [-0.2, -0.15) is 0 Å². The Morgan fingerprint density at radius 3 is 2.52 bits per heavy atom. The summed E-state index contributed by atoms with van der Waals surface area (Å²) in [7, 11) is 1.64. The fraction of sp³-hybridized carbons (Fsp3) is 0.357. The number of carbonyl (C=O) groups excluding carboxylic acids is 1. The quantitative estimate of drug-likeness (QED) is 0.812.